The molecule has 128 valence electrons. The molecule has 0 saturated heterocycles. The topological polar surface area (TPSA) is 90.6 Å². The molecule has 0 aliphatic carbocycles. The van der Waals surface area contributed by atoms with Gasteiger partial charge in [-0.1, -0.05) is 6.07 Å². The second kappa shape index (κ2) is 6.04. The number of hydrogen-bond acceptors (Lipinski definition) is 6. The lowest BCUT2D eigenvalue weighted by Gasteiger charge is -2.20. The molecule has 0 spiro atoms. The standard InChI is InChI=1S/C17H17N5O3/c1-10-5-6-18-17-20-15(21-22(10)17)16(23)19-11(2)12-3-4-13-14(9-12)25-8-7-24-13/h3-6,9,11H,7-8H2,1-2H3,(H,19,23)/t11-/m0/s1. The molecule has 3 heterocycles. The molecule has 0 unspecified atom stereocenters. The highest BCUT2D eigenvalue weighted by molar-refractivity contribution is 5.91. The van der Waals surface area contributed by atoms with E-state index in [0.717, 1.165) is 17.0 Å². The predicted octanol–water partition coefficient (Wildman–Crippen LogP) is 1.69. The Morgan fingerprint density at radius 1 is 1.24 bits per heavy atom. The Kier molecular flexibility index (Phi) is 3.72. The first kappa shape index (κ1) is 15.4. The Balaban J connectivity index is 1.54. The minimum Gasteiger partial charge on any atom is -0.486 e. The Morgan fingerprint density at radius 3 is 2.84 bits per heavy atom. The molecular weight excluding hydrogens is 322 g/mol. The Morgan fingerprint density at radius 2 is 2.04 bits per heavy atom. The number of nitrogens with one attached hydrogen (secondary N) is 1. The smallest absolute Gasteiger partial charge is 0.291 e. The third kappa shape index (κ3) is 2.86. The van der Waals surface area contributed by atoms with Crippen LogP contribution in [0.2, 0.25) is 0 Å². The average Bonchev–Trinajstić information content (AvgIpc) is 3.07. The van der Waals surface area contributed by atoms with Gasteiger partial charge >= 0.3 is 0 Å². The van der Waals surface area contributed by atoms with Crippen LogP contribution in [0.3, 0.4) is 0 Å². The summed E-state index contributed by atoms with van der Waals surface area (Å²) in [6.07, 6.45) is 1.64. The molecular formula is C17H17N5O3. The minimum absolute atomic E-state index is 0.0891. The molecule has 25 heavy (non-hydrogen) atoms. The number of aryl methyl sites for hydroxylation is 1. The maximum absolute atomic E-state index is 12.5. The summed E-state index contributed by atoms with van der Waals surface area (Å²) in [6, 6.07) is 7.21. The second-order valence-corrected chi connectivity index (χ2v) is 5.83. The van der Waals surface area contributed by atoms with Crippen molar-refractivity contribution < 1.29 is 14.3 Å². The Bertz CT molecular complexity index is 953. The van der Waals surface area contributed by atoms with Crippen LogP contribution in [0.25, 0.3) is 5.78 Å². The van der Waals surface area contributed by atoms with E-state index in [1.165, 1.54) is 0 Å². The molecule has 4 rings (SSSR count). The zero-order valence-corrected chi connectivity index (χ0v) is 13.9. The van der Waals surface area contributed by atoms with Crippen LogP contribution in [-0.4, -0.2) is 38.7 Å². The highest BCUT2D eigenvalue weighted by Gasteiger charge is 2.19. The number of hydrogen-bond donors (Lipinski definition) is 1. The number of amides is 1. The van der Waals surface area contributed by atoms with Crippen LogP contribution in [0.4, 0.5) is 0 Å². The summed E-state index contributed by atoms with van der Waals surface area (Å²) >= 11 is 0. The SMILES string of the molecule is Cc1ccnc2nc(C(=O)N[C@@H](C)c3ccc4c(c3)OCCO4)nn12. The van der Waals surface area contributed by atoms with E-state index in [-0.39, 0.29) is 17.8 Å². The summed E-state index contributed by atoms with van der Waals surface area (Å²) in [5.41, 5.74) is 1.77. The monoisotopic (exact) mass is 339 g/mol. The van der Waals surface area contributed by atoms with Gasteiger partial charge in [0.05, 0.1) is 6.04 Å². The molecule has 8 heteroatoms. The Labute approximate surface area is 143 Å². The number of nitrogens with zero attached hydrogens (tertiary/aromatic N) is 4. The van der Waals surface area contributed by atoms with Gasteiger partial charge < -0.3 is 14.8 Å². The van der Waals surface area contributed by atoms with E-state index < -0.39 is 0 Å². The fraction of sp³-hybridized carbons (Fsp3) is 0.294. The molecule has 0 saturated carbocycles. The lowest BCUT2D eigenvalue weighted by molar-refractivity contribution is 0.0929. The highest BCUT2D eigenvalue weighted by atomic mass is 16.6. The number of rotatable bonds is 3. The number of ether oxygens (including phenoxy) is 2. The first-order chi connectivity index (χ1) is 12.1. The summed E-state index contributed by atoms with van der Waals surface area (Å²) < 4.78 is 12.6. The molecule has 1 N–H and O–H groups in total. The third-order valence-electron chi connectivity index (χ3n) is 4.05. The lowest BCUT2D eigenvalue weighted by Crippen LogP contribution is -2.28. The number of benzene rings is 1. The number of carbonyl (C=O) groups excluding carboxylic acids is 1. The molecule has 8 nitrogen and oxygen atoms in total. The van der Waals surface area contributed by atoms with Crippen molar-refractivity contribution in [1.29, 1.82) is 0 Å². The first-order valence-corrected chi connectivity index (χ1v) is 8.00. The molecule has 1 aliphatic heterocycles. The summed E-state index contributed by atoms with van der Waals surface area (Å²) in [6.45, 7) is 4.84. The van der Waals surface area contributed by atoms with E-state index in [0.29, 0.717) is 24.7 Å². The summed E-state index contributed by atoms with van der Waals surface area (Å²) in [7, 11) is 0. The zero-order valence-electron chi connectivity index (χ0n) is 13.9. The number of carbonyl (C=O) groups is 1. The molecule has 1 aliphatic rings. The predicted molar refractivity (Wildman–Crippen MR) is 88.8 cm³/mol. The van der Waals surface area contributed by atoms with Crippen molar-refractivity contribution in [2.75, 3.05) is 13.2 Å². The fourth-order valence-corrected chi connectivity index (χ4v) is 2.68. The molecule has 1 aromatic carbocycles. The van der Waals surface area contributed by atoms with Crippen molar-refractivity contribution >= 4 is 11.7 Å². The second-order valence-electron chi connectivity index (χ2n) is 5.83. The molecule has 0 fully saturated rings. The van der Waals surface area contributed by atoms with Crippen LogP contribution in [0.1, 0.15) is 34.8 Å². The van der Waals surface area contributed by atoms with E-state index in [2.05, 4.69) is 20.4 Å². The summed E-state index contributed by atoms with van der Waals surface area (Å²) in [4.78, 5) is 20.7. The quantitative estimate of drug-likeness (QED) is 0.781. The van der Waals surface area contributed by atoms with Crippen LogP contribution in [0, 0.1) is 6.92 Å². The lowest BCUT2D eigenvalue weighted by atomic mass is 10.1. The van der Waals surface area contributed by atoms with E-state index in [1.807, 2.05) is 32.0 Å². The van der Waals surface area contributed by atoms with Gasteiger partial charge in [-0.05, 0) is 37.6 Å². The van der Waals surface area contributed by atoms with Crippen molar-refractivity contribution in [3.8, 4) is 11.5 Å². The zero-order chi connectivity index (χ0) is 17.4. The van der Waals surface area contributed by atoms with Crippen molar-refractivity contribution in [1.82, 2.24) is 24.9 Å². The van der Waals surface area contributed by atoms with Gasteiger partial charge in [0.25, 0.3) is 11.7 Å². The van der Waals surface area contributed by atoms with Gasteiger partial charge in [0, 0.05) is 11.9 Å². The van der Waals surface area contributed by atoms with Crippen LogP contribution < -0.4 is 14.8 Å². The van der Waals surface area contributed by atoms with Crippen molar-refractivity contribution in [3.63, 3.8) is 0 Å². The highest BCUT2D eigenvalue weighted by Crippen LogP contribution is 2.32. The fourth-order valence-electron chi connectivity index (χ4n) is 2.68. The molecule has 3 aromatic rings. The van der Waals surface area contributed by atoms with Gasteiger partial charge in [0.15, 0.2) is 11.5 Å². The van der Waals surface area contributed by atoms with Crippen molar-refractivity contribution in [2.45, 2.75) is 19.9 Å². The van der Waals surface area contributed by atoms with Crippen LogP contribution in [0.5, 0.6) is 11.5 Å². The molecule has 1 atom stereocenters. The first-order valence-electron chi connectivity index (χ1n) is 8.00. The number of aromatic nitrogens is 4. The van der Waals surface area contributed by atoms with Crippen molar-refractivity contribution in [3.05, 3.63) is 47.5 Å². The van der Waals surface area contributed by atoms with Gasteiger partial charge in [-0.2, -0.15) is 4.98 Å². The van der Waals surface area contributed by atoms with Crippen molar-refractivity contribution in [2.24, 2.45) is 0 Å². The van der Waals surface area contributed by atoms with Gasteiger partial charge in [-0.25, -0.2) is 9.50 Å². The maximum Gasteiger partial charge on any atom is 0.291 e. The number of fused-ring (bicyclic) bond motifs is 2. The molecule has 2 aromatic heterocycles. The van der Waals surface area contributed by atoms with Gasteiger partial charge in [-0.15, -0.1) is 5.10 Å². The summed E-state index contributed by atoms with van der Waals surface area (Å²) in [5, 5.41) is 7.11. The average molecular weight is 339 g/mol. The molecule has 1 amide bonds. The van der Waals surface area contributed by atoms with Gasteiger partial charge in [0.2, 0.25) is 5.82 Å². The minimum atomic E-state index is -0.354. The molecule has 0 bridgehead atoms. The van der Waals surface area contributed by atoms with Crippen LogP contribution in [-0.2, 0) is 0 Å². The van der Waals surface area contributed by atoms with E-state index in [4.69, 9.17) is 9.47 Å². The molecule has 0 radical (unpaired) electrons. The van der Waals surface area contributed by atoms with Gasteiger partial charge in [0.1, 0.15) is 13.2 Å². The van der Waals surface area contributed by atoms with Gasteiger partial charge in [-0.3, -0.25) is 4.79 Å². The Hall–Kier alpha value is -3.16. The van der Waals surface area contributed by atoms with E-state index in [1.54, 1.807) is 16.8 Å². The van der Waals surface area contributed by atoms with E-state index in [9.17, 15) is 4.79 Å². The summed E-state index contributed by atoms with van der Waals surface area (Å²) in [5.74, 6) is 1.54. The van der Waals surface area contributed by atoms with E-state index >= 15 is 0 Å². The largest absolute Gasteiger partial charge is 0.486 e. The van der Waals surface area contributed by atoms with Crippen LogP contribution in [0.15, 0.2) is 30.5 Å². The maximum atomic E-state index is 12.5. The van der Waals surface area contributed by atoms with Crippen LogP contribution >= 0.6 is 0 Å². The third-order valence-corrected chi connectivity index (χ3v) is 4.05. The normalized spacial score (nSPS) is 14.3.